The number of carbonyl (C=O) groups excluding carboxylic acids is 3. The monoisotopic (exact) mass is 399 g/mol. The fourth-order valence-electron chi connectivity index (χ4n) is 2.36. The first kappa shape index (κ1) is 21.2. The van der Waals surface area contributed by atoms with Crippen molar-refractivity contribution in [3.05, 3.63) is 70.3 Å². The molecule has 0 spiro atoms. The lowest BCUT2D eigenvalue weighted by molar-refractivity contribution is -0.111. The summed E-state index contributed by atoms with van der Waals surface area (Å²) in [6.07, 6.45) is 3.03. The maximum Gasteiger partial charge on any atom is 0.254 e. The summed E-state index contributed by atoms with van der Waals surface area (Å²) in [6, 6.07) is 11.7. The van der Waals surface area contributed by atoms with Crippen LogP contribution in [0.4, 0.5) is 5.69 Å². The molecule has 0 atom stereocenters. The van der Waals surface area contributed by atoms with Crippen molar-refractivity contribution in [1.29, 1.82) is 0 Å². The quantitative estimate of drug-likeness (QED) is 0.783. The van der Waals surface area contributed by atoms with Crippen LogP contribution in [-0.2, 0) is 4.79 Å². The van der Waals surface area contributed by atoms with Gasteiger partial charge in [-0.25, -0.2) is 0 Å². The van der Waals surface area contributed by atoms with E-state index in [2.05, 4.69) is 5.32 Å². The molecule has 28 heavy (non-hydrogen) atoms. The number of hydrogen-bond acceptors (Lipinski definition) is 3. The Kier molecular flexibility index (Phi) is 6.95. The van der Waals surface area contributed by atoms with Gasteiger partial charge in [-0.2, -0.15) is 0 Å². The second-order valence-corrected chi connectivity index (χ2v) is 6.95. The molecule has 0 radical (unpaired) electrons. The standard InChI is InChI=1S/C21H22ClN3O3/c1-24(2)20(27)15-8-5-14(6-9-15)7-12-19(26)23-16-10-11-17(18(22)13-16)21(28)25(3)4/h5-13H,1-4H3,(H,23,26)/b12-7+. The van der Waals surface area contributed by atoms with Gasteiger partial charge in [0, 0.05) is 45.5 Å². The summed E-state index contributed by atoms with van der Waals surface area (Å²) < 4.78 is 0. The number of nitrogens with zero attached hydrogens (tertiary/aromatic N) is 2. The number of anilines is 1. The second-order valence-electron chi connectivity index (χ2n) is 6.54. The predicted molar refractivity (Wildman–Crippen MR) is 112 cm³/mol. The van der Waals surface area contributed by atoms with E-state index in [-0.39, 0.29) is 22.7 Å². The van der Waals surface area contributed by atoms with Crippen molar-refractivity contribution in [1.82, 2.24) is 9.80 Å². The predicted octanol–water partition coefficient (Wildman–Crippen LogP) is 3.40. The lowest BCUT2D eigenvalue weighted by atomic mass is 10.1. The van der Waals surface area contributed by atoms with Gasteiger partial charge in [0.2, 0.25) is 5.91 Å². The number of amides is 3. The third-order valence-electron chi connectivity index (χ3n) is 3.86. The van der Waals surface area contributed by atoms with Crippen molar-refractivity contribution < 1.29 is 14.4 Å². The van der Waals surface area contributed by atoms with E-state index >= 15 is 0 Å². The van der Waals surface area contributed by atoms with Crippen LogP contribution >= 0.6 is 11.6 Å². The van der Waals surface area contributed by atoms with E-state index in [4.69, 9.17) is 11.6 Å². The van der Waals surface area contributed by atoms with Crippen LogP contribution in [0.3, 0.4) is 0 Å². The lowest BCUT2D eigenvalue weighted by Gasteiger charge is -2.12. The molecule has 0 fully saturated rings. The van der Waals surface area contributed by atoms with Gasteiger partial charge in [0.1, 0.15) is 0 Å². The van der Waals surface area contributed by atoms with E-state index in [1.54, 1.807) is 70.7 Å². The molecule has 0 saturated heterocycles. The summed E-state index contributed by atoms with van der Waals surface area (Å²) in [5.74, 6) is -0.628. The molecule has 146 valence electrons. The van der Waals surface area contributed by atoms with Gasteiger partial charge >= 0.3 is 0 Å². The molecule has 2 aromatic rings. The fraction of sp³-hybridized carbons (Fsp3) is 0.190. The molecular weight excluding hydrogens is 378 g/mol. The maximum atomic E-state index is 12.1. The molecule has 0 aliphatic rings. The molecule has 6 nitrogen and oxygen atoms in total. The Bertz CT molecular complexity index is 919. The highest BCUT2D eigenvalue weighted by Gasteiger charge is 2.13. The highest BCUT2D eigenvalue weighted by molar-refractivity contribution is 6.34. The summed E-state index contributed by atoms with van der Waals surface area (Å²) >= 11 is 6.14. The number of nitrogens with one attached hydrogen (secondary N) is 1. The molecule has 1 N–H and O–H groups in total. The number of carbonyl (C=O) groups is 3. The van der Waals surface area contributed by atoms with Crippen molar-refractivity contribution >= 4 is 41.1 Å². The molecule has 2 rings (SSSR count). The van der Waals surface area contributed by atoms with Gasteiger partial charge in [0.15, 0.2) is 0 Å². The van der Waals surface area contributed by atoms with Crippen LogP contribution in [0.25, 0.3) is 6.08 Å². The van der Waals surface area contributed by atoms with Crippen LogP contribution in [0.15, 0.2) is 48.5 Å². The molecule has 0 bridgehead atoms. The molecule has 3 amide bonds. The largest absolute Gasteiger partial charge is 0.345 e. The third-order valence-corrected chi connectivity index (χ3v) is 4.18. The van der Waals surface area contributed by atoms with Gasteiger partial charge in [-0.1, -0.05) is 23.7 Å². The number of benzene rings is 2. The van der Waals surface area contributed by atoms with Crippen molar-refractivity contribution in [3.63, 3.8) is 0 Å². The fourth-order valence-corrected chi connectivity index (χ4v) is 2.62. The third kappa shape index (κ3) is 5.44. The van der Waals surface area contributed by atoms with Crippen LogP contribution in [0.5, 0.6) is 0 Å². The van der Waals surface area contributed by atoms with Gasteiger partial charge in [-0.05, 0) is 42.0 Å². The second kappa shape index (κ2) is 9.19. The van der Waals surface area contributed by atoms with Crippen LogP contribution < -0.4 is 5.32 Å². The summed E-state index contributed by atoms with van der Waals surface area (Å²) in [6.45, 7) is 0. The lowest BCUT2D eigenvalue weighted by Crippen LogP contribution is -2.22. The molecular formula is C21H22ClN3O3. The topological polar surface area (TPSA) is 69.7 Å². The number of hydrogen-bond donors (Lipinski definition) is 1. The van der Waals surface area contributed by atoms with Crippen molar-refractivity contribution in [2.75, 3.05) is 33.5 Å². The van der Waals surface area contributed by atoms with Gasteiger partial charge in [0.25, 0.3) is 11.8 Å². The Morgan fingerprint density at radius 1 is 0.893 bits per heavy atom. The first-order chi connectivity index (χ1) is 13.2. The van der Waals surface area contributed by atoms with E-state index in [1.807, 2.05) is 0 Å². The van der Waals surface area contributed by atoms with Gasteiger partial charge in [-0.15, -0.1) is 0 Å². The van der Waals surface area contributed by atoms with Crippen molar-refractivity contribution in [3.8, 4) is 0 Å². The minimum Gasteiger partial charge on any atom is -0.345 e. The summed E-state index contributed by atoms with van der Waals surface area (Å²) in [4.78, 5) is 38.9. The summed E-state index contributed by atoms with van der Waals surface area (Å²) in [7, 11) is 6.66. The number of rotatable bonds is 5. The maximum absolute atomic E-state index is 12.1. The molecule has 7 heteroatoms. The highest BCUT2D eigenvalue weighted by atomic mass is 35.5. The zero-order valence-electron chi connectivity index (χ0n) is 16.2. The minimum atomic E-state index is -0.337. The van der Waals surface area contributed by atoms with E-state index in [0.717, 1.165) is 5.56 Å². The zero-order valence-corrected chi connectivity index (χ0v) is 16.9. The average molecular weight is 400 g/mol. The first-order valence-corrected chi connectivity index (χ1v) is 8.89. The Morgan fingerprint density at radius 3 is 2.04 bits per heavy atom. The zero-order chi connectivity index (χ0) is 20.8. The van der Waals surface area contributed by atoms with Crippen LogP contribution in [0.1, 0.15) is 26.3 Å². The normalized spacial score (nSPS) is 10.6. The van der Waals surface area contributed by atoms with Gasteiger partial charge in [0.05, 0.1) is 10.6 Å². The molecule has 0 heterocycles. The Hall–Kier alpha value is -3.12. The molecule has 0 unspecified atom stereocenters. The molecule has 0 aliphatic carbocycles. The van der Waals surface area contributed by atoms with Crippen LogP contribution in [0.2, 0.25) is 5.02 Å². The van der Waals surface area contributed by atoms with Gasteiger partial charge in [-0.3, -0.25) is 14.4 Å². The molecule has 0 aromatic heterocycles. The summed E-state index contributed by atoms with van der Waals surface area (Å²) in [5.41, 5.74) is 2.22. The summed E-state index contributed by atoms with van der Waals surface area (Å²) in [5, 5.41) is 2.96. The van der Waals surface area contributed by atoms with Crippen molar-refractivity contribution in [2.24, 2.45) is 0 Å². The Balaban J connectivity index is 2.03. The van der Waals surface area contributed by atoms with Crippen molar-refractivity contribution in [2.45, 2.75) is 0 Å². The number of halogens is 1. The van der Waals surface area contributed by atoms with E-state index in [1.165, 1.54) is 21.9 Å². The SMILES string of the molecule is CN(C)C(=O)c1ccc(/C=C/C(=O)Nc2ccc(C(=O)N(C)C)c(Cl)c2)cc1. The molecule has 2 aromatic carbocycles. The highest BCUT2D eigenvalue weighted by Crippen LogP contribution is 2.22. The van der Waals surface area contributed by atoms with E-state index in [9.17, 15) is 14.4 Å². The molecule has 0 saturated carbocycles. The average Bonchev–Trinajstić information content (AvgIpc) is 2.65. The van der Waals surface area contributed by atoms with E-state index < -0.39 is 0 Å². The Labute approximate surface area is 169 Å². The van der Waals surface area contributed by atoms with Crippen LogP contribution in [-0.4, -0.2) is 55.7 Å². The first-order valence-electron chi connectivity index (χ1n) is 8.51. The van der Waals surface area contributed by atoms with Crippen LogP contribution in [0, 0.1) is 0 Å². The minimum absolute atomic E-state index is 0.0821. The van der Waals surface area contributed by atoms with Gasteiger partial charge < -0.3 is 15.1 Å². The smallest absolute Gasteiger partial charge is 0.254 e. The molecule has 0 aliphatic heterocycles. The Morgan fingerprint density at radius 2 is 1.50 bits per heavy atom. The van der Waals surface area contributed by atoms with E-state index in [0.29, 0.717) is 16.8 Å².